The number of carbonyl (C=O) groups excluding carboxylic acids is 3. The predicted octanol–water partition coefficient (Wildman–Crippen LogP) is 0.611. The third-order valence-electron chi connectivity index (χ3n) is 6.52. The minimum absolute atomic E-state index is 0.0333. The summed E-state index contributed by atoms with van der Waals surface area (Å²) in [4.78, 5) is 40.6. The fourth-order valence-corrected chi connectivity index (χ4v) is 5.49. The number of nitrogens with one attached hydrogen (secondary N) is 1. The van der Waals surface area contributed by atoms with E-state index in [2.05, 4.69) is 5.32 Å². The molecule has 8 heteroatoms. The third-order valence-corrected chi connectivity index (χ3v) is 6.52. The highest BCUT2D eigenvalue weighted by atomic mass is 16.6. The van der Waals surface area contributed by atoms with Crippen LogP contribution in [0.1, 0.15) is 53.4 Å². The first-order valence-electron chi connectivity index (χ1n) is 10.3. The zero-order chi connectivity index (χ0) is 20.7. The van der Waals surface area contributed by atoms with Gasteiger partial charge >= 0.3 is 5.97 Å². The van der Waals surface area contributed by atoms with Crippen molar-refractivity contribution in [3.63, 3.8) is 0 Å². The molecule has 3 rings (SSSR count). The van der Waals surface area contributed by atoms with Gasteiger partial charge in [-0.15, -0.1) is 0 Å². The Kier molecular flexibility index (Phi) is 5.74. The number of aliphatic hydroxyl groups excluding tert-OH is 1. The Hall–Kier alpha value is -1.67. The highest BCUT2D eigenvalue weighted by molar-refractivity contribution is 5.98. The van der Waals surface area contributed by atoms with Crippen LogP contribution in [0.3, 0.4) is 0 Å². The molecule has 1 spiro atoms. The van der Waals surface area contributed by atoms with E-state index in [4.69, 9.17) is 9.47 Å². The van der Waals surface area contributed by atoms with Crippen molar-refractivity contribution in [1.82, 2.24) is 10.2 Å². The molecule has 0 saturated carbocycles. The molecule has 3 heterocycles. The molecule has 3 saturated heterocycles. The van der Waals surface area contributed by atoms with Gasteiger partial charge in [-0.2, -0.15) is 0 Å². The standard InChI is InChI=1S/C20H32N2O6/c1-5-7-12(3)21-16(24)15-20-9-8-19(4,28-20)14(18(26)27-6-2)13(20)17(25)22(15)10-11-23/h12-15,23H,5-11H2,1-4H3,(H,21,24)/t12?,13-,14-,15?,19+,20?/m0/s1. The number of hydrogen-bond donors (Lipinski definition) is 2. The van der Waals surface area contributed by atoms with Crippen molar-refractivity contribution in [2.75, 3.05) is 19.8 Å². The fourth-order valence-electron chi connectivity index (χ4n) is 5.49. The van der Waals surface area contributed by atoms with Gasteiger partial charge in [-0.1, -0.05) is 13.3 Å². The van der Waals surface area contributed by atoms with Gasteiger partial charge in [0, 0.05) is 12.6 Å². The summed E-state index contributed by atoms with van der Waals surface area (Å²) < 4.78 is 11.6. The smallest absolute Gasteiger partial charge is 0.312 e. The van der Waals surface area contributed by atoms with Crippen molar-refractivity contribution < 1.29 is 29.0 Å². The fraction of sp³-hybridized carbons (Fsp3) is 0.850. The third kappa shape index (κ3) is 3.01. The summed E-state index contributed by atoms with van der Waals surface area (Å²) in [6, 6.07) is -0.883. The Balaban J connectivity index is 1.97. The van der Waals surface area contributed by atoms with Gasteiger partial charge in [0.15, 0.2) is 0 Å². The lowest BCUT2D eigenvalue weighted by atomic mass is 9.66. The van der Waals surface area contributed by atoms with Crippen molar-refractivity contribution in [3.05, 3.63) is 0 Å². The summed E-state index contributed by atoms with van der Waals surface area (Å²) in [7, 11) is 0. The Morgan fingerprint density at radius 1 is 1.39 bits per heavy atom. The van der Waals surface area contributed by atoms with Crippen LogP contribution in [0, 0.1) is 11.8 Å². The quantitative estimate of drug-likeness (QED) is 0.583. The van der Waals surface area contributed by atoms with E-state index in [1.54, 1.807) is 6.92 Å². The second-order valence-corrected chi connectivity index (χ2v) is 8.43. The minimum Gasteiger partial charge on any atom is -0.466 e. The molecule has 8 nitrogen and oxygen atoms in total. The number of fused-ring (bicyclic) bond motifs is 1. The van der Waals surface area contributed by atoms with Gasteiger partial charge in [-0.3, -0.25) is 14.4 Å². The number of carbonyl (C=O) groups is 3. The zero-order valence-electron chi connectivity index (χ0n) is 17.2. The van der Waals surface area contributed by atoms with E-state index in [0.29, 0.717) is 12.8 Å². The molecular weight excluding hydrogens is 364 g/mol. The molecule has 3 unspecified atom stereocenters. The van der Waals surface area contributed by atoms with Crippen LogP contribution in [0.25, 0.3) is 0 Å². The van der Waals surface area contributed by atoms with E-state index in [1.165, 1.54) is 4.90 Å². The largest absolute Gasteiger partial charge is 0.466 e. The number of β-amino-alcohol motifs (C(OH)–C–C–N with tert-alkyl or cyclic N) is 1. The van der Waals surface area contributed by atoms with Crippen molar-refractivity contribution >= 4 is 17.8 Å². The summed E-state index contributed by atoms with van der Waals surface area (Å²) >= 11 is 0. The summed E-state index contributed by atoms with van der Waals surface area (Å²) in [5, 5.41) is 12.5. The Morgan fingerprint density at radius 2 is 2.11 bits per heavy atom. The van der Waals surface area contributed by atoms with Crippen LogP contribution in [-0.4, -0.2) is 70.8 Å². The first-order valence-corrected chi connectivity index (χ1v) is 10.3. The number of hydrogen-bond acceptors (Lipinski definition) is 6. The van der Waals surface area contributed by atoms with Crippen LogP contribution in [0.4, 0.5) is 0 Å². The summed E-state index contributed by atoms with van der Waals surface area (Å²) in [6.45, 7) is 7.53. The number of aliphatic hydroxyl groups is 1. The number of nitrogens with zero attached hydrogens (tertiary/aromatic N) is 1. The van der Waals surface area contributed by atoms with E-state index in [1.807, 2.05) is 20.8 Å². The van der Waals surface area contributed by atoms with Gasteiger partial charge in [-0.25, -0.2) is 0 Å². The monoisotopic (exact) mass is 396 g/mol. The molecule has 6 atom stereocenters. The molecule has 0 aromatic heterocycles. The minimum atomic E-state index is -1.05. The normalized spacial score (nSPS) is 37.1. The number of likely N-dealkylation sites (tertiary alicyclic amines) is 1. The average molecular weight is 396 g/mol. The second kappa shape index (κ2) is 7.63. The topological polar surface area (TPSA) is 105 Å². The summed E-state index contributed by atoms with van der Waals surface area (Å²) in [5.74, 6) is -2.53. The summed E-state index contributed by atoms with van der Waals surface area (Å²) in [6.07, 6.45) is 2.87. The molecule has 3 fully saturated rings. The SMILES string of the molecule is CCCC(C)NC(=O)C1N(CCO)C(=O)[C@@H]2[C@@H](C(=O)OCC)[C@@]3(C)CCC12O3. The van der Waals surface area contributed by atoms with Crippen LogP contribution >= 0.6 is 0 Å². The van der Waals surface area contributed by atoms with Crippen LogP contribution in [-0.2, 0) is 23.9 Å². The molecule has 0 aromatic carbocycles. The van der Waals surface area contributed by atoms with E-state index >= 15 is 0 Å². The molecule has 2 amide bonds. The van der Waals surface area contributed by atoms with E-state index in [0.717, 1.165) is 12.8 Å². The highest BCUT2D eigenvalue weighted by Gasteiger charge is 2.78. The maximum absolute atomic E-state index is 13.3. The van der Waals surface area contributed by atoms with E-state index < -0.39 is 35.0 Å². The molecule has 0 aromatic rings. The molecule has 2 bridgehead atoms. The lowest BCUT2D eigenvalue weighted by molar-refractivity contribution is -0.159. The van der Waals surface area contributed by atoms with Crippen LogP contribution < -0.4 is 5.32 Å². The molecule has 3 aliphatic heterocycles. The first kappa shape index (κ1) is 21.0. The molecule has 0 radical (unpaired) electrons. The summed E-state index contributed by atoms with van der Waals surface area (Å²) in [5.41, 5.74) is -1.86. The molecule has 158 valence electrons. The Labute approximate surface area is 165 Å². The van der Waals surface area contributed by atoms with Crippen LogP contribution in [0.15, 0.2) is 0 Å². The molecule has 2 N–H and O–H groups in total. The van der Waals surface area contributed by atoms with Gasteiger partial charge in [-0.05, 0) is 40.0 Å². The van der Waals surface area contributed by atoms with Gasteiger partial charge in [0.1, 0.15) is 17.6 Å². The molecule has 28 heavy (non-hydrogen) atoms. The van der Waals surface area contributed by atoms with E-state index in [-0.39, 0.29) is 37.6 Å². The highest BCUT2D eigenvalue weighted by Crippen LogP contribution is 2.63. The maximum Gasteiger partial charge on any atom is 0.312 e. The number of esters is 1. The first-order chi connectivity index (χ1) is 13.3. The molecule has 3 aliphatic rings. The van der Waals surface area contributed by atoms with Gasteiger partial charge in [0.05, 0.1) is 24.7 Å². The lowest BCUT2D eigenvalue weighted by Crippen LogP contribution is -2.56. The number of ether oxygens (including phenoxy) is 2. The van der Waals surface area contributed by atoms with Gasteiger partial charge in [0.2, 0.25) is 11.8 Å². The maximum atomic E-state index is 13.3. The predicted molar refractivity (Wildman–Crippen MR) is 100 cm³/mol. The Bertz CT molecular complexity index is 655. The van der Waals surface area contributed by atoms with Crippen LogP contribution in [0.5, 0.6) is 0 Å². The van der Waals surface area contributed by atoms with Crippen LogP contribution in [0.2, 0.25) is 0 Å². The van der Waals surface area contributed by atoms with Crippen molar-refractivity contribution in [2.24, 2.45) is 11.8 Å². The number of rotatable bonds is 8. The Morgan fingerprint density at radius 3 is 2.71 bits per heavy atom. The van der Waals surface area contributed by atoms with Crippen molar-refractivity contribution in [1.29, 1.82) is 0 Å². The zero-order valence-corrected chi connectivity index (χ0v) is 17.2. The van der Waals surface area contributed by atoms with Crippen molar-refractivity contribution in [3.8, 4) is 0 Å². The average Bonchev–Trinajstić information content (AvgIpc) is 3.17. The number of amides is 2. The van der Waals surface area contributed by atoms with Gasteiger partial charge < -0.3 is 24.8 Å². The molecular formula is C20H32N2O6. The van der Waals surface area contributed by atoms with Gasteiger partial charge in [0.25, 0.3) is 0 Å². The molecule has 0 aliphatic carbocycles. The van der Waals surface area contributed by atoms with Crippen molar-refractivity contribution in [2.45, 2.75) is 76.7 Å². The second-order valence-electron chi connectivity index (χ2n) is 8.43. The lowest BCUT2D eigenvalue weighted by Gasteiger charge is -2.34. The van der Waals surface area contributed by atoms with E-state index in [9.17, 15) is 19.5 Å².